The third-order valence-corrected chi connectivity index (χ3v) is 5.57. The Morgan fingerprint density at radius 1 is 1.29 bits per heavy atom. The van der Waals surface area contributed by atoms with Crippen LogP contribution in [0.1, 0.15) is 35.5 Å². The van der Waals surface area contributed by atoms with Crippen LogP contribution in [0.5, 0.6) is 0 Å². The number of urea groups is 1. The number of carbonyl (C=O) groups is 2. The smallest absolute Gasteiger partial charge is 0.322 e. The molecule has 1 aromatic heterocycles. The first kappa shape index (κ1) is 17.0. The van der Waals surface area contributed by atoms with E-state index >= 15 is 0 Å². The number of anilines is 2. The SMILES string of the molecule is O=C1Cc2cc(NC(=O)N3CCc4c(nc(CC5CC5)[nH]c4=O)C3)ccc2N1. The number of nitrogens with zero attached hydrogens (tertiary/aromatic N) is 2. The normalized spacial score (nSPS) is 17.7. The van der Waals surface area contributed by atoms with Crippen molar-refractivity contribution < 1.29 is 9.59 Å². The van der Waals surface area contributed by atoms with Gasteiger partial charge in [-0.05, 0) is 48.9 Å². The third-order valence-electron chi connectivity index (χ3n) is 5.57. The number of benzene rings is 1. The van der Waals surface area contributed by atoms with E-state index in [-0.39, 0.29) is 17.5 Å². The molecule has 1 aliphatic carbocycles. The third kappa shape index (κ3) is 3.26. The van der Waals surface area contributed by atoms with Crippen LogP contribution in [0.25, 0.3) is 0 Å². The van der Waals surface area contributed by atoms with Gasteiger partial charge in [-0.25, -0.2) is 9.78 Å². The molecule has 2 aromatic rings. The zero-order valence-electron chi connectivity index (χ0n) is 15.4. The summed E-state index contributed by atoms with van der Waals surface area (Å²) in [5.41, 5.74) is 3.64. The van der Waals surface area contributed by atoms with Gasteiger partial charge >= 0.3 is 6.03 Å². The van der Waals surface area contributed by atoms with E-state index in [1.807, 2.05) is 6.07 Å². The summed E-state index contributed by atoms with van der Waals surface area (Å²) in [4.78, 5) is 45.7. The van der Waals surface area contributed by atoms with Gasteiger partial charge < -0.3 is 20.5 Å². The summed E-state index contributed by atoms with van der Waals surface area (Å²) in [7, 11) is 0. The molecule has 3 N–H and O–H groups in total. The van der Waals surface area contributed by atoms with E-state index in [4.69, 9.17) is 0 Å². The second kappa shape index (κ2) is 6.47. The largest absolute Gasteiger partial charge is 0.326 e. The van der Waals surface area contributed by atoms with E-state index in [9.17, 15) is 14.4 Å². The Hall–Kier alpha value is -3.16. The van der Waals surface area contributed by atoms with Crippen molar-refractivity contribution in [1.82, 2.24) is 14.9 Å². The Morgan fingerprint density at radius 2 is 2.14 bits per heavy atom. The second-order valence-corrected chi connectivity index (χ2v) is 7.78. The Bertz CT molecular complexity index is 1040. The highest BCUT2D eigenvalue weighted by atomic mass is 16.2. The molecule has 8 nitrogen and oxygen atoms in total. The molecule has 3 aliphatic rings. The van der Waals surface area contributed by atoms with Gasteiger partial charge in [0.15, 0.2) is 0 Å². The van der Waals surface area contributed by atoms with E-state index in [0.717, 1.165) is 23.5 Å². The number of hydrogen-bond donors (Lipinski definition) is 3. The lowest BCUT2D eigenvalue weighted by Crippen LogP contribution is -2.41. The summed E-state index contributed by atoms with van der Waals surface area (Å²) in [6, 6.07) is 5.16. The van der Waals surface area contributed by atoms with Gasteiger partial charge in [-0.2, -0.15) is 0 Å². The van der Waals surface area contributed by atoms with Crippen LogP contribution < -0.4 is 16.2 Å². The Morgan fingerprint density at radius 3 is 2.96 bits per heavy atom. The number of aromatic nitrogens is 2. The van der Waals surface area contributed by atoms with Gasteiger partial charge in [-0.1, -0.05) is 0 Å². The monoisotopic (exact) mass is 379 g/mol. The standard InChI is InChI=1S/C20H21N5O3/c26-18-9-12-8-13(3-4-15(12)23-18)21-20(28)25-6-5-14-16(10-25)22-17(24-19(14)27)7-11-1-2-11/h3-4,8,11H,1-2,5-7,9-10H2,(H,21,28)(H,23,26)(H,22,24,27). The molecule has 0 radical (unpaired) electrons. The lowest BCUT2D eigenvalue weighted by atomic mass is 10.1. The quantitative estimate of drug-likeness (QED) is 0.756. The maximum Gasteiger partial charge on any atom is 0.322 e. The fourth-order valence-electron chi connectivity index (χ4n) is 3.87. The summed E-state index contributed by atoms with van der Waals surface area (Å²) in [5, 5.41) is 5.67. The minimum atomic E-state index is -0.228. The average molecular weight is 379 g/mol. The van der Waals surface area contributed by atoms with Crippen molar-refractivity contribution in [3.63, 3.8) is 0 Å². The molecule has 1 aromatic carbocycles. The highest BCUT2D eigenvalue weighted by molar-refractivity contribution is 6.00. The highest BCUT2D eigenvalue weighted by Crippen LogP contribution is 2.31. The van der Waals surface area contributed by atoms with Gasteiger partial charge in [-0.3, -0.25) is 9.59 Å². The Labute approximate surface area is 161 Å². The van der Waals surface area contributed by atoms with Crippen LogP contribution in [0.2, 0.25) is 0 Å². The van der Waals surface area contributed by atoms with Crippen LogP contribution in [0.3, 0.4) is 0 Å². The van der Waals surface area contributed by atoms with Gasteiger partial charge in [0.05, 0.1) is 18.7 Å². The van der Waals surface area contributed by atoms with Crippen molar-refractivity contribution in [3.8, 4) is 0 Å². The van der Waals surface area contributed by atoms with Crippen LogP contribution in [0, 0.1) is 5.92 Å². The fourth-order valence-corrected chi connectivity index (χ4v) is 3.87. The molecule has 144 valence electrons. The lowest BCUT2D eigenvalue weighted by molar-refractivity contribution is -0.115. The molecular weight excluding hydrogens is 358 g/mol. The fraction of sp³-hybridized carbons (Fsp3) is 0.400. The van der Waals surface area contributed by atoms with E-state index in [1.165, 1.54) is 12.8 Å². The molecule has 3 heterocycles. The molecule has 2 aliphatic heterocycles. The van der Waals surface area contributed by atoms with E-state index in [0.29, 0.717) is 48.8 Å². The molecule has 1 fully saturated rings. The zero-order chi connectivity index (χ0) is 19.3. The molecular formula is C20H21N5O3. The van der Waals surface area contributed by atoms with Crippen molar-refractivity contribution in [3.05, 3.63) is 51.2 Å². The summed E-state index contributed by atoms with van der Waals surface area (Å²) in [6.45, 7) is 0.796. The van der Waals surface area contributed by atoms with Crippen LogP contribution >= 0.6 is 0 Å². The van der Waals surface area contributed by atoms with Crippen LogP contribution in [0.15, 0.2) is 23.0 Å². The van der Waals surface area contributed by atoms with Gasteiger partial charge in [-0.15, -0.1) is 0 Å². The van der Waals surface area contributed by atoms with Crippen molar-refractivity contribution >= 4 is 23.3 Å². The number of carbonyl (C=O) groups excluding carboxylic acids is 2. The minimum absolute atomic E-state index is 0.0376. The summed E-state index contributed by atoms with van der Waals surface area (Å²) in [5.74, 6) is 1.32. The minimum Gasteiger partial charge on any atom is -0.326 e. The first-order valence-electron chi connectivity index (χ1n) is 9.65. The van der Waals surface area contributed by atoms with Gasteiger partial charge in [0.2, 0.25) is 5.91 Å². The molecule has 28 heavy (non-hydrogen) atoms. The zero-order valence-corrected chi connectivity index (χ0v) is 15.4. The average Bonchev–Trinajstić information content (AvgIpc) is 3.39. The summed E-state index contributed by atoms with van der Waals surface area (Å²) in [6.07, 6.45) is 4.01. The lowest BCUT2D eigenvalue weighted by Gasteiger charge is -2.28. The number of nitrogens with one attached hydrogen (secondary N) is 3. The molecule has 0 bridgehead atoms. The van der Waals surface area contributed by atoms with Crippen molar-refractivity contribution in [2.75, 3.05) is 17.2 Å². The number of fused-ring (bicyclic) bond motifs is 2. The summed E-state index contributed by atoms with van der Waals surface area (Å²) >= 11 is 0. The number of H-pyrrole nitrogens is 1. The number of rotatable bonds is 3. The number of aromatic amines is 1. The van der Waals surface area contributed by atoms with Crippen molar-refractivity contribution in [2.24, 2.45) is 5.92 Å². The first-order valence-corrected chi connectivity index (χ1v) is 9.65. The molecule has 0 spiro atoms. The topological polar surface area (TPSA) is 107 Å². The van der Waals surface area contributed by atoms with E-state index < -0.39 is 0 Å². The molecule has 3 amide bonds. The number of amides is 3. The Kier molecular flexibility index (Phi) is 3.92. The van der Waals surface area contributed by atoms with Crippen LogP contribution in [-0.2, 0) is 30.6 Å². The van der Waals surface area contributed by atoms with Crippen LogP contribution in [0.4, 0.5) is 16.2 Å². The van der Waals surface area contributed by atoms with E-state index in [2.05, 4.69) is 20.6 Å². The maximum absolute atomic E-state index is 12.7. The van der Waals surface area contributed by atoms with Gasteiger partial charge in [0, 0.05) is 29.9 Å². The molecule has 0 atom stereocenters. The maximum atomic E-state index is 12.7. The first-order chi connectivity index (χ1) is 13.5. The van der Waals surface area contributed by atoms with Crippen molar-refractivity contribution in [1.29, 1.82) is 0 Å². The molecule has 1 saturated carbocycles. The molecule has 0 unspecified atom stereocenters. The summed E-state index contributed by atoms with van der Waals surface area (Å²) < 4.78 is 0. The van der Waals surface area contributed by atoms with Crippen molar-refractivity contribution in [2.45, 2.75) is 38.6 Å². The molecule has 0 saturated heterocycles. The van der Waals surface area contributed by atoms with Crippen LogP contribution in [-0.4, -0.2) is 33.4 Å². The van der Waals surface area contributed by atoms with E-state index in [1.54, 1.807) is 17.0 Å². The predicted molar refractivity (Wildman–Crippen MR) is 103 cm³/mol. The molecule has 5 rings (SSSR count). The predicted octanol–water partition coefficient (Wildman–Crippen LogP) is 1.81. The number of hydrogen-bond acceptors (Lipinski definition) is 4. The highest BCUT2D eigenvalue weighted by Gasteiger charge is 2.27. The Balaban J connectivity index is 1.31. The van der Waals surface area contributed by atoms with Gasteiger partial charge in [0.25, 0.3) is 5.56 Å². The van der Waals surface area contributed by atoms with Gasteiger partial charge in [0.1, 0.15) is 5.82 Å². The molecule has 8 heteroatoms. The second-order valence-electron chi connectivity index (χ2n) is 7.78.